The maximum absolute atomic E-state index is 12.5. The van der Waals surface area contributed by atoms with Crippen LogP contribution in [-0.2, 0) is 5.75 Å². The van der Waals surface area contributed by atoms with E-state index in [1.54, 1.807) is 23.1 Å². The van der Waals surface area contributed by atoms with Gasteiger partial charge in [-0.25, -0.2) is 4.98 Å². The SMILES string of the molecule is CCCCN(C)C(=O)c1ccccc1SCc1cscn1. The van der Waals surface area contributed by atoms with Gasteiger partial charge in [0.05, 0.1) is 16.8 Å². The van der Waals surface area contributed by atoms with E-state index < -0.39 is 0 Å². The summed E-state index contributed by atoms with van der Waals surface area (Å²) in [5.41, 5.74) is 3.69. The number of amides is 1. The minimum absolute atomic E-state index is 0.102. The Morgan fingerprint density at radius 3 is 2.90 bits per heavy atom. The van der Waals surface area contributed by atoms with Crippen molar-refractivity contribution in [2.75, 3.05) is 13.6 Å². The summed E-state index contributed by atoms with van der Waals surface area (Å²) in [4.78, 5) is 19.7. The first-order chi connectivity index (χ1) is 10.2. The minimum Gasteiger partial charge on any atom is -0.342 e. The van der Waals surface area contributed by atoms with Crippen molar-refractivity contribution in [1.29, 1.82) is 0 Å². The van der Waals surface area contributed by atoms with Gasteiger partial charge in [-0.3, -0.25) is 4.79 Å². The summed E-state index contributed by atoms with van der Waals surface area (Å²) in [5, 5.41) is 2.05. The summed E-state index contributed by atoms with van der Waals surface area (Å²) in [6.07, 6.45) is 2.13. The zero-order valence-corrected chi connectivity index (χ0v) is 14.0. The molecule has 1 heterocycles. The molecule has 0 saturated heterocycles. The Labute approximate surface area is 134 Å². The number of aromatic nitrogens is 1. The molecule has 0 saturated carbocycles. The average molecular weight is 320 g/mol. The number of hydrogen-bond donors (Lipinski definition) is 0. The number of carbonyl (C=O) groups excluding carboxylic acids is 1. The van der Waals surface area contributed by atoms with Crippen LogP contribution < -0.4 is 0 Å². The third kappa shape index (κ3) is 4.58. The van der Waals surface area contributed by atoms with Crippen LogP contribution >= 0.6 is 23.1 Å². The normalized spacial score (nSPS) is 10.6. The van der Waals surface area contributed by atoms with Crippen LogP contribution in [0, 0.1) is 0 Å². The first-order valence-corrected chi connectivity index (χ1v) is 8.99. The van der Waals surface area contributed by atoms with Gasteiger partial charge in [-0.2, -0.15) is 0 Å². The fourth-order valence-electron chi connectivity index (χ4n) is 1.93. The molecule has 0 N–H and O–H groups in total. The van der Waals surface area contributed by atoms with Crippen LogP contribution in [0.15, 0.2) is 40.1 Å². The molecule has 2 aromatic rings. The molecule has 1 aromatic heterocycles. The second-order valence-electron chi connectivity index (χ2n) is 4.84. The molecule has 0 bridgehead atoms. The highest BCUT2D eigenvalue weighted by atomic mass is 32.2. The predicted octanol–water partition coefficient (Wildman–Crippen LogP) is 4.31. The van der Waals surface area contributed by atoms with Gasteiger partial charge in [-0.15, -0.1) is 23.1 Å². The lowest BCUT2D eigenvalue weighted by molar-refractivity contribution is 0.0790. The molecule has 5 heteroatoms. The molecule has 1 amide bonds. The van der Waals surface area contributed by atoms with Crippen LogP contribution in [0.4, 0.5) is 0 Å². The van der Waals surface area contributed by atoms with Gasteiger partial charge in [-0.05, 0) is 18.6 Å². The quantitative estimate of drug-likeness (QED) is 0.713. The van der Waals surface area contributed by atoms with Crippen molar-refractivity contribution < 1.29 is 4.79 Å². The van der Waals surface area contributed by atoms with E-state index in [0.717, 1.165) is 41.3 Å². The first kappa shape index (κ1) is 16.0. The number of thioether (sulfide) groups is 1. The maximum atomic E-state index is 12.5. The minimum atomic E-state index is 0.102. The van der Waals surface area contributed by atoms with Crippen molar-refractivity contribution in [3.8, 4) is 0 Å². The fraction of sp³-hybridized carbons (Fsp3) is 0.375. The number of unbranched alkanes of at least 4 members (excludes halogenated alkanes) is 1. The molecular weight excluding hydrogens is 300 g/mol. The van der Waals surface area contributed by atoms with Gasteiger partial charge in [0, 0.05) is 29.6 Å². The Balaban J connectivity index is 2.07. The van der Waals surface area contributed by atoms with Crippen LogP contribution in [0.5, 0.6) is 0 Å². The molecule has 0 radical (unpaired) electrons. The molecule has 112 valence electrons. The molecular formula is C16H20N2OS2. The lowest BCUT2D eigenvalue weighted by Gasteiger charge is -2.18. The summed E-state index contributed by atoms with van der Waals surface area (Å²) >= 11 is 3.27. The molecule has 0 aliphatic rings. The lowest BCUT2D eigenvalue weighted by atomic mass is 10.2. The van der Waals surface area contributed by atoms with E-state index in [2.05, 4.69) is 11.9 Å². The summed E-state index contributed by atoms with van der Waals surface area (Å²) in [5.74, 6) is 0.900. The molecule has 3 nitrogen and oxygen atoms in total. The smallest absolute Gasteiger partial charge is 0.254 e. The number of hydrogen-bond acceptors (Lipinski definition) is 4. The van der Waals surface area contributed by atoms with E-state index in [9.17, 15) is 4.79 Å². The monoisotopic (exact) mass is 320 g/mol. The number of thiazole rings is 1. The standard InChI is InChI=1S/C16H20N2OS2/c1-3-4-9-18(2)16(19)14-7-5-6-8-15(14)21-11-13-10-20-12-17-13/h5-8,10,12H,3-4,9,11H2,1-2H3. The lowest BCUT2D eigenvalue weighted by Crippen LogP contribution is -2.28. The molecule has 0 spiro atoms. The number of nitrogens with zero attached hydrogens (tertiary/aromatic N) is 2. The Morgan fingerprint density at radius 2 is 2.19 bits per heavy atom. The van der Waals surface area contributed by atoms with Crippen molar-refractivity contribution >= 4 is 29.0 Å². The fourth-order valence-corrected chi connectivity index (χ4v) is 3.54. The molecule has 0 aliphatic heterocycles. The highest BCUT2D eigenvalue weighted by Gasteiger charge is 2.15. The summed E-state index contributed by atoms with van der Waals surface area (Å²) in [6.45, 7) is 2.94. The first-order valence-electron chi connectivity index (χ1n) is 7.06. The van der Waals surface area contributed by atoms with Crippen molar-refractivity contribution in [3.63, 3.8) is 0 Å². The molecule has 0 unspecified atom stereocenters. The molecule has 0 atom stereocenters. The highest BCUT2D eigenvalue weighted by Crippen LogP contribution is 2.27. The Morgan fingerprint density at radius 1 is 1.38 bits per heavy atom. The summed E-state index contributed by atoms with van der Waals surface area (Å²) < 4.78 is 0. The largest absolute Gasteiger partial charge is 0.342 e. The highest BCUT2D eigenvalue weighted by molar-refractivity contribution is 7.98. The Kier molecular flexibility index (Phi) is 6.26. The second-order valence-corrected chi connectivity index (χ2v) is 6.58. The van der Waals surface area contributed by atoms with Gasteiger partial charge in [0.1, 0.15) is 0 Å². The van der Waals surface area contributed by atoms with Crippen molar-refractivity contribution in [3.05, 3.63) is 46.4 Å². The molecule has 2 rings (SSSR count). The van der Waals surface area contributed by atoms with Gasteiger partial charge in [0.25, 0.3) is 5.91 Å². The summed E-state index contributed by atoms with van der Waals surface area (Å²) in [7, 11) is 1.87. The Bertz CT molecular complexity index is 569. The zero-order valence-electron chi connectivity index (χ0n) is 12.4. The van der Waals surface area contributed by atoms with Gasteiger partial charge >= 0.3 is 0 Å². The van der Waals surface area contributed by atoms with E-state index in [0.29, 0.717) is 0 Å². The van der Waals surface area contributed by atoms with Crippen LogP contribution in [0.3, 0.4) is 0 Å². The van der Waals surface area contributed by atoms with E-state index in [4.69, 9.17) is 0 Å². The van der Waals surface area contributed by atoms with Crippen LogP contribution in [-0.4, -0.2) is 29.4 Å². The average Bonchev–Trinajstić information content (AvgIpc) is 3.03. The second kappa shape index (κ2) is 8.20. The van der Waals surface area contributed by atoms with E-state index in [1.807, 2.05) is 47.1 Å². The van der Waals surface area contributed by atoms with Crippen LogP contribution in [0.1, 0.15) is 35.8 Å². The topological polar surface area (TPSA) is 33.2 Å². The van der Waals surface area contributed by atoms with E-state index in [-0.39, 0.29) is 5.91 Å². The van der Waals surface area contributed by atoms with Crippen molar-refractivity contribution in [1.82, 2.24) is 9.88 Å². The van der Waals surface area contributed by atoms with Crippen LogP contribution in [0.2, 0.25) is 0 Å². The number of rotatable bonds is 7. The zero-order chi connectivity index (χ0) is 15.1. The third-order valence-corrected chi connectivity index (χ3v) is 4.91. The van der Waals surface area contributed by atoms with E-state index >= 15 is 0 Å². The maximum Gasteiger partial charge on any atom is 0.254 e. The van der Waals surface area contributed by atoms with Crippen molar-refractivity contribution in [2.24, 2.45) is 0 Å². The van der Waals surface area contributed by atoms with E-state index in [1.165, 1.54) is 0 Å². The molecule has 1 aromatic carbocycles. The molecule has 0 aliphatic carbocycles. The van der Waals surface area contributed by atoms with Gasteiger partial charge in [0.15, 0.2) is 0 Å². The van der Waals surface area contributed by atoms with Gasteiger partial charge in [-0.1, -0.05) is 25.5 Å². The molecule has 0 fully saturated rings. The molecule has 21 heavy (non-hydrogen) atoms. The predicted molar refractivity (Wildman–Crippen MR) is 90.0 cm³/mol. The van der Waals surface area contributed by atoms with Crippen LogP contribution in [0.25, 0.3) is 0 Å². The number of benzene rings is 1. The van der Waals surface area contributed by atoms with Gasteiger partial charge in [0.2, 0.25) is 0 Å². The Hall–Kier alpha value is -1.33. The number of carbonyl (C=O) groups is 1. The third-order valence-electron chi connectivity index (χ3n) is 3.17. The van der Waals surface area contributed by atoms with Crippen molar-refractivity contribution in [2.45, 2.75) is 30.4 Å². The summed E-state index contributed by atoms with van der Waals surface area (Å²) in [6, 6.07) is 7.83. The van der Waals surface area contributed by atoms with Gasteiger partial charge < -0.3 is 4.90 Å².